The van der Waals surface area contributed by atoms with E-state index in [9.17, 15) is 0 Å². The van der Waals surface area contributed by atoms with E-state index in [1.807, 2.05) is 0 Å². The van der Waals surface area contributed by atoms with E-state index in [2.05, 4.69) is 117 Å². The lowest BCUT2D eigenvalue weighted by Gasteiger charge is -2.27. The van der Waals surface area contributed by atoms with Crippen LogP contribution in [-0.2, 0) is 0 Å². The van der Waals surface area contributed by atoms with Gasteiger partial charge < -0.3 is 0 Å². The molecule has 0 bridgehead atoms. The second-order valence-corrected chi connectivity index (χ2v) is 12.1. The molecule has 30 heavy (non-hydrogen) atoms. The van der Waals surface area contributed by atoms with Gasteiger partial charge in [-0.3, -0.25) is 0 Å². The summed E-state index contributed by atoms with van der Waals surface area (Å²) in [6.45, 7) is 4.56. The maximum absolute atomic E-state index is 2.38. The lowest BCUT2D eigenvalue weighted by molar-refractivity contribution is 0.660. The molecule has 3 aromatic carbocycles. The van der Waals surface area contributed by atoms with Crippen LogP contribution < -0.4 is 15.9 Å². The molecular formula is C29H36P+. The standard InChI is InChI=1S/C29H36P/c1-26(2)18-10-5-3-4-6-17-25-30(27-19-11-7-12-20-27,28-21-13-8-14-22-28)29-23-15-9-16-24-29/h5,7-16,19-24,26H,3-4,6,17-18,25H2,1-2H3/q+1. The lowest BCUT2D eigenvalue weighted by Crippen LogP contribution is -2.33. The molecule has 0 spiro atoms. The van der Waals surface area contributed by atoms with Gasteiger partial charge in [-0.15, -0.1) is 0 Å². The highest BCUT2D eigenvalue weighted by molar-refractivity contribution is 7.95. The van der Waals surface area contributed by atoms with Crippen molar-refractivity contribution in [2.45, 2.75) is 46.0 Å². The summed E-state index contributed by atoms with van der Waals surface area (Å²) >= 11 is 0. The Bertz CT molecular complexity index is 769. The molecule has 0 amide bonds. The van der Waals surface area contributed by atoms with Crippen molar-refractivity contribution in [3.63, 3.8) is 0 Å². The Balaban J connectivity index is 1.82. The zero-order chi connectivity index (χ0) is 21.1. The van der Waals surface area contributed by atoms with Crippen LogP contribution in [0.1, 0.15) is 46.0 Å². The minimum Gasteiger partial charge on any atom is -0.0885 e. The summed E-state index contributed by atoms with van der Waals surface area (Å²) in [5.74, 6) is 0.759. The van der Waals surface area contributed by atoms with Gasteiger partial charge in [-0.2, -0.15) is 0 Å². The van der Waals surface area contributed by atoms with E-state index in [0.29, 0.717) is 0 Å². The van der Waals surface area contributed by atoms with Crippen LogP contribution in [0.2, 0.25) is 0 Å². The molecule has 0 aromatic heterocycles. The van der Waals surface area contributed by atoms with Gasteiger partial charge in [-0.05, 0) is 74.4 Å². The first kappa shape index (κ1) is 22.5. The Labute approximate surface area is 184 Å². The van der Waals surface area contributed by atoms with Crippen LogP contribution in [0, 0.1) is 5.92 Å². The summed E-state index contributed by atoms with van der Waals surface area (Å²) in [6, 6.07) is 33.7. The Morgan fingerprint density at radius 3 is 1.50 bits per heavy atom. The van der Waals surface area contributed by atoms with Crippen molar-refractivity contribution in [1.29, 1.82) is 0 Å². The van der Waals surface area contributed by atoms with E-state index in [1.165, 1.54) is 54.2 Å². The quantitative estimate of drug-likeness (QED) is 0.177. The molecule has 0 fully saturated rings. The van der Waals surface area contributed by atoms with Crippen LogP contribution in [0.3, 0.4) is 0 Å². The maximum atomic E-state index is 2.38. The zero-order valence-electron chi connectivity index (χ0n) is 18.6. The molecule has 156 valence electrons. The van der Waals surface area contributed by atoms with E-state index in [4.69, 9.17) is 0 Å². The predicted molar refractivity (Wildman–Crippen MR) is 137 cm³/mol. The number of allylic oxidation sites excluding steroid dienone is 2. The molecule has 0 saturated heterocycles. The monoisotopic (exact) mass is 415 g/mol. The highest BCUT2D eigenvalue weighted by atomic mass is 31.2. The van der Waals surface area contributed by atoms with E-state index >= 15 is 0 Å². The third kappa shape index (κ3) is 5.93. The summed E-state index contributed by atoms with van der Waals surface area (Å²) in [5.41, 5.74) is 0. The van der Waals surface area contributed by atoms with Crippen LogP contribution in [-0.4, -0.2) is 6.16 Å². The average molecular weight is 416 g/mol. The molecule has 0 nitrogen and oxygen atoms in total. The fourth-order valence-corrected chi connectivity index (χ4v) is 8.57. The molecule has 0 aliphatic carbocycles. The molecule has 3 rings (SSSR count). The second kappa shape index (κ2) is 11.9. The molecule has 3 aromatic rings. The number of unbranched alkanes of at least 4 members (excludes halogenated alkanes) is 3. The van der Waals surface area contributed by atoms with Crippen molar-refractivity contribution in [2.24, 2.45) is 5.92 Å². The molecule has 0 unspecified atom stereocenters. The lowest BCUT2D eigenvalue weighted by atomic mass is 10.1. The minimum atomic E-state index is -1.65. The second-order valence-electron chi connectivity index (χ2n) is 8.49. The van der Waals surface area contributed by atoms with E-state index in [-0.39, 0.29) is 0 Å². The topological polar surface area (TPSA) is 0 Å². The molecule has 0 N–H and O–H groups in total. The summed E-state index contributed by atoms with van der Waals surface area (Å²) in [6.07, 6.45) is 12.2. The van der Waals surface area contributed by atoms with Gasteiger partial charge in [0.1, 0.15) is 23.2 Å². The Morgan fingerprint density at radius 1 is 0.600 bits per heavy atom. The Hall–Kier alpha value is -2.17. The fourth-order valence-electron chi connectivity index (χ4n) is 4.16. The predicted octanol–water partition coefficient (Wildman–Crippen LogP) is 7.14. The normalized spacial score (nSPS) is 12.0. The van der Waals surface area contributed by atoms with Crippen molar-refractivity contribution >= 4 is 23.2 Å². The summed E-state index contributed by atoms with van der Waals surface area (Å²) in [5, 5.41) is 4.50. The summed E-state index contributed by atoms with van der Waals surface area (Å²) in [4.78, 5) is 0. The number of benzene rings is 3. The van der Waals surface area contributed by atoms with Crippen LogP contribution >= 0.6 is 7.26 Å². The van der Waals surface area contributed by atoms with Crippen LogP contribution in [0.5, 0.6) is 0 Å². The van der Waals surface area contributed by atoms with Crippen molar-refractivity contribution < 1.29 is 0 Å². The van der Waals surface area contributed by atoms with Crippen molar-refractivity contribution in [1.82, 2.24) is 0 Å². The van der Waals surface area contributed by atoms with Gasteiger partial charge in [0.05, 0.1) is 6.16 Å². The maximum Gasteiger partial charge on any atom is 0.112 e. The van der Waals surface area contributed by atoms with Gasteiger partial charge in [0.2, 0.25) is 0 Å². The average Bonchev–Trinajstić information content (AvgIpc) is 2.80. The molecule has 0 radical (unpaired) electrons. The summed E-state index contributed by atoms with van der Waals surface area (Å²) < 4.78 is 0. The molecule has 0 atom stereocenters. The number of hydrogen-bond donors (Lipinski definition) is 0. The molecule has 0 aliphatic heterocycles. The molecule has 0 aliphatic rings. The number of rotatable bonds is 11. The van der Waals surface area contributed by atoms with Crippen LogP contribution in [0.15, 0.2) is 103 Å². The van der Waals surface area contributed by atoms with Gasteiger partial charge in [0, 0.05) is 0 Å². The molecule has 0 heterocycles. The Kier molecular flexibility index (Phi) is 8.91. The molecule has 0 saturated carbocycles. The van der Waals surface area contributed by atoms with E-state index < -0.39 is 7.26 Å². The van der Waals surface area contributed by atoms with Crippen molar-refractivity contribution in [3.8, 4) is 0 Å². The third-order valence-corrected chi connectivity index (χ3v) is 10.3. The Morgan fingerprint density at radius 2 is 1.07 bits per heavy atom. The highest BCUT2D eigenvalue weighted by Crippen LogP contribution is 2.55. The fraction of sp³-hybridized carbons (Fsp3) is 0.310. The molecule has 1 heteroatoms. The van der Waals surface area contributed by atoms with Gasteiger partial charge in [-0.1, -0.05) is 80.6 Å². The van der Waals surface area contributed by atoms with Crippen LogP contribution in [0.4, 0.5) is 0 Å². The van der Waals surface area contributed by atoms with Gasteiger partial charge in [0.25, 0.3) is 0 Å². The van der Waals surface area contributed by atoms with Gasteiger partial charge in [-0.25, -0.2) is 0 Å². The third-order valence-electron chi connectivity index (χ3n) is 5.73. The first-order chi connectivity index (χ1) is 14.7. The van der Waals surface area contributed by atoms with Gasteiger partial charge >= 0.3 is 0 Å². The minimum absolute atomic E-state index is 0.759. The SMILES string of the molecule is CC(C)CC=CCCCCC[P+](c1ccccc1)(c1ccccc1)c1ccccc1. The van der Waals surface area contributed by atoms with Crippen molar-refractivity contribution in [2.75, 3.05) is 6.16 Å². The van der Waals surface area contributed by atoms with Gasteiger partial charge in [0.15, 0.2) is 0 Å². The first-order valence-electron chi connectivity index (χ1n) is 11.4. The largest absolute Gasteiger partial charge is 0.112 e. The van der Waals surface area contributed by atoms with Crippen LogP contribution in [0.25, 0.3) is 0 Å². The summed E-state index contributed by atoms with van der Waals surface area (Å²) in [7, 11) is -1.65. The van der Waals surface area contributed by atoms with E-state index in [1.54, 1.807) is 0 Å². The zero-order valence-corrected chi connectivity index (χ0v) is 19.5. The van der Waals surface area contributed by atoms with Crippen molar-refractivity contribution in [3.05, 3.63) is 103 Å². The molecular weight excluding hydrogens is 379 g/mol. The smallest absolute Gasteiger partial charge is 0.0885 e. The highest BCUT2D eigenvalue weighted by Gasteiger charge is 2.44. The number of hydrogen-bond acceptors (Lipinski definition) is 0. The van der Waals surface area contributed by atoms with E-state index in [0.717, 1.165) is 5.92 Å². The first-order valence-corrected chi connectivity index (χ1v) is 13.4.